The predicted octanol–water partition coefficient (Wildman–Crippen LogP) is 4.80. The molecule has 2 saturated heterocycles. The van der Waals surface area contributed by atoms with Crippen LogP contribution in [0.4, 0.5) is 0 Å². The van der Waals surface area contributed by atoms with Gasteiger partial charge in [0.15, 0.2) is 5.79 Å². The fourth-order valence-electron chi connectivity index (χ4n) is 4.51. The smallest absolute Gasteiger partial charge is 0.290 e. The third-order valence-corrected chi connectivity index (χ3v) is 5.49. The zero-order valence-corrected chi connectivity index (χ0v) is 18.9. The molecule has 1 spiro atoms. The van der Waals surface area contributed by atoms with Crippen LogP contribution < -0.4 is 0 Å². The number of ether oxygens (including phenoxy) is 2. The van der Waals surface area contributed by atoms with Crippen LogP contribution in [0.1, 0.15) is 73.0 Å². The Kier molecular flexibility index (Phi) is 7.16. The Labute approximate surface area is 175 Å². The van der Waals surface area contributed by atoms with Gasteiger partial charge < -0.3 is 14.6 Å². The van der Waals surface area contributed by atoms with E-state index in [1.165, 1.54) is 5.56 Å². The summed E-state index contributed by atoms with van der Waals surface area (Å²) in [5.74, 6) is -0.516. The molecule has 6 nitrogen and oxygen atoms in total. The van der Waals surface area contributed by atoms with Crippen LogP contribution in [-0.4, -0.2) is 46.7 Å². The molecule has 0 aromatic heterocycles. The minimum absolute atomic E-state index is 0.00377. The van der Waals surface area contributed by atoms with Crippen molar-refractivity contribution in [3.05, 3.63) is 35.9 Å². The predicted molar refractivity (Wildman–Crippen MR) is 112 cm³/mol. The van der Waals surface area contributed by atoms with E-state index in [1.54, 1.807) is 0 Å². The van der Waals surface area contributed by atoms with Crippen molar-refractivity contribution in [2.24, 2.45) is 5.41 Å². The summed E-state index contributed by atoms with van der Waals surface area (Å²) < 4.78 is 12.7. The molecule has 29 heavy (non-hydrogen) atoms. The number of rotatable bonds is 3. The van der Waals surface area contributed by atoms with E-state index < -0.39 is 5.79 Å². The van der Waals surface area contributed by atoms with Crippen LogP contribution >= 0.6 is 0 Å². The van der Waals surface area contributed by atoms with Gasteiger partial charge in [0, 0.05) is 29.3 Å². The molecule has 1 aromatic carbocycles. The number of hydrogen-bond acceptors (Lipinski definition) is 5. The van der Waals surface area contributed by atoms with Crippen molar-refractivity contribution in [1.82, 2.24) is 5.06 Å². The SMILES string of the molecule is CC(ON1C(C)(C)CC2(CC1(C)C)OCC(C)(C)CO2)c1ccccc1.O=CO. The van der Waals surface area contributed by atoms with Gasteiger partial charge in [0.05, 0.1) is 13.2 Å². The maximum atomic E-state index is 8.36. The number of carbonyl (C=O) groups is 1. The monoisotopic (exact) mass is 407 g/mol. The van der Waals surface area contributed by atoms with E-state index in [1.807, 2.05) is 6.07 Å². The van der Waals surface area contributed by atoms with Gasteiger partial charge in [0.2, 0.25) is 0 Å². The first kappa shape index (κ1) is 23.8. The average molecular weight is 408 g/mol. The number of nitrogens with zero attached hydrogens (tertiary/aromatic N) is 1. The minimum Gasteiger partial charge on any atom is -0.483 e. The summed E-state index contributed by atoms with van der Waals surface area (Å²) in [5.41, 5.74) is 0.861. The molecule has 2 aliphatic heterocycles. The van der Waals surface area contributed by atoms with Gasteiger partial charge in [-0.25, -0.2) is 0 Å². The Hall–Kier alpha value is -1.47. The Morgan fingerprint density at radius 2 is 1.45 bits per heavy atom. The Balaban J connectivity index is 0.000000941. The highest BCUT2D eigenvalue weighted by Crippen LogP contribution is 2.49. The molecule has 2 fully saturated rings. The lowest BCUT2D eigenvalue weighted by Crippen LogP contribution is -2.68. The molecule has 0 amide bonds. The van der Waals surface area contributed by atoms with Crippen molar-refractivity contribution >= 4 is 6.47 Å². The molecule has 2 heterocycles. The maximum absolute atomic E-state index is 8.36. The molecule has 1 atom stereocenters. The summed E-state index contributed by atoms with van der Waals surface area (Å²) in [6.07, 6.45) is 1.58. The number of hydroxylamine groups is 2. The highest BCUT2D eigenvalue weighted by molar-refractivity contribution is 5.32. The van der Waals surface area contributed by atoms with Crippen LogP contribution in [0.15, 0.2) is 30.3 Å². The van der Waals surface area contributed by atoms with Gasteiger partial charge in [0.25, 0.3) is 6.47 Å². The topological polar surface area (TPSA) is 68.2 Å². The van der Waals surface area contributed by atoms with Crippen molar-refractivity contribution in [1.29, 1.82) is 0 Å². The van der Waals surface area contributed by atoms with E-state index in [4.69, 9.17) is 24.2 Å². The molecular formula is C23H37NO5. The van der Waals surface area contributed by atoms with Crippen LogP contribution in [0, 0.1) is 5.41 Å². The quantitative estimate of drug-likeness (QED) is 0.726. The van der Waals surface area contributed by atoms with Crippen molar-refractivity contribution < 1.29 is 24.2 Å². The van der Waals surface area contributed by atoms with Crippen LogP contribution in [0.5, 0.6) is 0 Å². The lowest BCUT2D eigenvalue weighted by Gasteiger charge is -2.59. The molecule has 1 unspecified atom stereocenters. The van der Waals surface area contributed by atoms with Gasteiger partial charge in [-0.15, -0.1) is 0 Å². The third kappa shape index (κ3) is 5.79. The van der Waals surface area contributed by atoms with E-state index in [-0.39, 0.29) is 29.1 Å². The zero-order chi connectivity index (χ0) is 21.9. The average Bonchev–Trinajstić information content (AvgIpc) is 2.62. The second kappa shape index (κ2) is 8.72. The van der Waals surface area contributed by atoms with Crippen molar-refractivity contribution in [3.63, 3.8) is 0 Å². The molecule has 2 aliphatic rings. The molecule has 0 saturated carbocycles. The van der Waals surface area contributed by atoms with Crippen LogP contribution in [0.2, 0.25) is 0 Å². The lowest BCUT2D eigenvalue weighted by atomic mass is 9.77. The lowest BCUT2D eigenvalue weighted by molar-refractivity contribution is -0.387. The van der Waals surface area contributed by atoms with Gasteiger partial charge in [-0.1, -0.05) is 44.2 Å². The van der Waals surface area contributed by atoms with Gasteiger partial charge in [-0.2, -0.15) is 5.06 Å². The van der Waals surface area contributed by atoms with Gasteiger partial charge >= 0.3 is 0 Å². The number of carboxylic acid groups (broad SMARTS) is 1. The fourth-order valence-corrected chi connectivity index (χ4v) is 4.51. The third-order valence-electron chi connectivity index (χ3n) is 5.49. The standard InChI is InChI=1S/C22H35NO3.CH2O2/c1-17(18-11-9-8-10-12-18)26-23-20(4,5)13-22(14-21(23,6)7)24-15-19(2,3)16-25-22;2-1-3/h8-12,17H,13-16H2,1-7H3;1H,(H,2,3). The van der Waals surface area contributed by atoms with Crippen LogP contribution in [0.3, 0.4) is 0 Å². The van der Waals surface area contributed by atoms with E-state index in [2.05, 4.69) is 77.8 Å². The molecular weight excluding hydrogens is 370 g/mol. The summed E-state index contributed by atoms with van der Waals surface area (Å²) in [4.78, 5) is 14.9. The normalized spacial score (nSPS) is 25.5. The summed E-state index contributed by atoms with van der Waals surface area (Å²) in [6, 6.07) is 10.4. The minimum atomic E-state index is -0.516. The van der Waals surface area contributed by atoms with Crippen molar-refractivity contribution in [2.75, 3.05) is 13.2 Å². The molecule has 1 aromatic rings. The highest BCUT2D eigenvalue weighted by atomic mass is 16.7. The van der Waals surface area contributed by atoms with Crippen LogP contribution in [0.25, 0.3) is 0 Å². The van der Waals surface area contributed by atoms with E-state index in [0.717, 1.165) is 26.1 Å². The number of benzene rings is 1. The van der Waals surface area contributed by atoms with Gasteiger partial charge in [0.1, 0.15) is 6.10 Å². The Bertz CT molecular complexity index is 641. The largest absolute Gasteiger partial charge is 0.483 e. The first-order chi connectivity index (χ1) is 13.4. The van der Waals surface area contributed by atoms with Gasteiger partial charge in [-0.05, 0) is 40.2 Å². The molecule has 0 aliphatic carbocycles. The molecule has 3 rings (SSSR count). The fraction of sp³-hybridized carbons (Fsp3) is 0.696. The van der Waals surface area contributed by atoms with Crippen LogP contribution in [-0.2, 0) is 19.1 Å². The number of hydrogen-bond donors (Lipinski definition) is 1. The molecule has 164 valence electrons. The van der Waals surface area contributed by atoms with Crippen molar-refractivity contribution in [3.8, 4) is 0 Å². The first-order valence-corrected chi connectivity index (χ1v) is 10.2. The molecule has 0 bridgehead atoms. The summed E-state index contributed by atoms with van der Waals surface area (Å²) in [5, 5.41) is 9.06. The van der Waals surface area contributed by atoms with E-state index >= 15 is 0 Å². The number of piperidine rings is 1. The van der Waals surface area contributed by atoms with Crippen molar-refractivity contribution in [2.45, 2.75) is 84.3 Å². The summed E-state index contributed by atoms with van der Waals surface area (Å²) >= 11 is 0. The van der Waals surface area contributed by atoms with E-state index in [9.17, 15) is 0 Å². The Morgan fingerprint density at radius 1 is 1.00 bits per heavy atom. The highest BCUT2D eigenvalue weighted by Gasteiger charge is 2.57. The van der Waals surface area contributed by atoms with E-state index in [0.29, 0.717) is 0 Å². The first-order valence-electron chi connectivity index (χ1n) is 10.2. The molecule has 1 N–H and O–H groups in total. The van der Waals surface area contributed by atoms with Gasteiger partial charge in [-0.3, -0.25) is 9.63 Å². The Morgan fingerprint density at radius 3 is 1.90 bits per heavy atom. The second-order valence-corrected chi connectivity index (χ2v) is 10.2. The molecule has 6 heteroatoms. The second-order valence-electron chi connectivity index (χ2n) is 10.2. The summed E-state index contributed by atoms with van der Waals surface area (Å²) in [7, 11) is 0. The zero-order valence-electron chi connectivity index (χ0n) is 18.9. The molecule has 0 radical (unpaired) electrons. The summed E-state index contributed by atoms with van der Waals surface area (Å²) in [6.45, 7) is 16.6. The maximum Gasteiger partial charge on any atom is 0.290 e.